The Morgan fingerprint density at radius 1 is 1.16 bits per heavy atom. The highest BCUT2D eigenvalue weighted by atomic mass is 32.2. The number of carbonyl (C=O) groups is 1. The van der Waals surface area contributed by atoms with Gasteiger partial charge in [-0.1, -0.05) is 6.07 Å². The average Bonchev–Trinajstić information content (AvgIpc) is 3.44. The number of benzene rings is 1. The Balaban J connectivity index is 1.39. The van der Waals surface area contributed by atoms with Crippen LogP contribution in [0.5, 0.6) is 5.75 Å². The summed E-state index contributed by atoms with van der Waals surface area (Å²) < 4.78 is 32.2. The third-order valence-corrected chi connectivity index (χ3v) is 8.67. The largest absolute Gasteiger partial charge is 0.484 e. The maximum absolute atomic E-state index is 12.6. The number of sulfonamides is 1. The number of thiophene rings is 1. The minimum absolute atomic E-state index is 0.0889. The van der Waals surface area contributed by atoms with Crippen molar-refractivity contribution in [2.24, 2.45) is 0 Å². The smallest absolute Gasteiger partial charge is 0.273 e. The Labute approximate surface area is 190 Å². The number of carbonyl (C=O) groups excluding carboxylic acids is 1. The Hall–Kier alpha value is -2.43. The van der Waals surface area contributed by atoms with E-state index < -0.39 is 10.0 Å². The molecule has 0 fully saturated rings. The van der Waals surface area contributed by atoms with Crippen molar-refractivity contribution in [1.29, 1.82) is 0 Å². The van der Waals surface area contributed by atoms with Crippen LogP contribution in [0.25, 0.3) is 0 Å². The zero-order chi connectivity index (χ0) is 22.3. The maximum atomic E-state index is 12.6. The summed E-state index contributed by atoms with van der Waals surface area (Å²) in [4.78, 5) is 16.4. The summed E-state index contributed by atoms with van der Waals surface area (Å²) in [6.07, 6.45) is 2.77. The van der Waals surface area contributed by atoms with E-state index in [2.05, 4.69) is 10.3 Å². The number of aromatic nitrogens is 1. The van der Waals surface area contributed by atoms with Crippen molar-refractivity contribution in [3.05, 3.63) is 57.9 Å². The summed E-state index contributed by atoms with van der Waals surface area (Å²) in [5.74, 6) is 0.312. The van der Waals surface area contributed by atoms with E-state index in [0.717, 1.165) is 30.0 Å². The number of nitrogens with one attached hydrogen (secondary N) is 1. The lowest BCUT2D eigenvalue weighted by atomic mass is 10.2. The van der Waals surface area contributed by atoms with Crippen LogP contribution >= 0.6 is 22.7 Å². The zero-order valence-corrected chi connectivity index (χ0v) is 19.9. The molecule has 2 aromatic heterocycles. The van der Waals surface area contributed by atoms with Gasteiger partial charge in [0, 0.05) is 24.7 Å². The van der Waals surface area contributed by atoms with E-state index in [1.54, 1.807) is 53.1 Å². The molecule has 3 aromatic rings. The molecule has 0 aliphatic rings. The summed E-state index contributed by atoms with van der Waals surface area (Å²) in [5.41, 5.74) is 1.56. The number of amides is 1. The van der Waals surface area contributed by atoms with Gasteiger partial charge in [-0.2, -0.15) is 0 Å². The lowest BCUT2D eigenvalue weighted by Crippen LogP contribution is -2.29. The number of unbranched alkanes of at least 4 members (excludes halogenated alkanes) is 1. The second kappa shape index (κ2) is 10.7. The Kier molecular flexibility index (Phi) is 8.05. The predicted molar refractivity (Wildman–Crippen MR) is 125 cm³/mol. The fourth-order valence-corrected chi connectivity index (χ4v) is 5.96. The highest BCUT2D eigenvalue weighted by molar-refractivity contribution is 7.94. The summed E-state index contributed by atoms with van der Waals surface area (Å²) >= 11 is 2.84. The first-order valence-corrected chi connectivity index (χ1v) is 13.0. The van der Waals surface area contributed by atoms with Crippen LogP contribution in [0.15, 0.2) is 51.4 Å². The molecular formula is C21H25N3O4S3. The minimum Gasteiger partial charge on any atom is -0.484 e. The molecule has 3 rings (SSSR count). The van der Waals surface area contributed by atoms with Gasteiger partial charge < -0.3 is 10.1 Å². The first-order chi connectivity index (χ1) is 14.9. The van der Waals surface area contributed by atoms with E-state index in [1.165, 1.54) is 22.7 Å². The molecule has 0 unspecified atom stereocenters. The van der Waals surface area contributed by atoms with Crippen LogP contribution in [0.3, 0.4) is 0 Å². The van der Waals surface area contributed by atoms with E-state index >= 15 is 0 Å². The number of anilines is 1. The second-order valence-corrected chi connectivity index (χ2v) is 11.0. The van der Waals surface area contributed by atoms with Crippen LogP contribution in [0.1, 0.15) is 23.5 Å². The average molecular weight is 480 g/mol. The van der Waals surface area contributed by atoms with E-state index in [-0.39, 0.29) is 16.7 Å². The van der Waals surface area contributed by atoms with E-state index in [9.17, 15) is 13.2 Å². The summed E-state index contributed by atoms with van der Waals surface area (Å²) in [7, 11) is -2.07. The minimum atomic E-state index is -3.58. The van der Waals surface area contributed by atoms with Crippen molar-refractivity contribution in [2.75, 3.05) is 24.5 Å². The van der Waals surface area contributed by atoms with Crippen molar-refractivity contribution in [3.63, 3.8) is 0 Å². The van der Waals surface area contributed by atoms with Gasteiger partial charge in [-0.05, 0) is 61.9 Å². The van der Waals surface area contributed by atoms with Gasteiger partial charge in [-0.15, -0.1) is 22.7 Å². The van der Waals surface area contributed by atoms with Crippen molar-refractivity contribution < 1.29 is 17.9 Å². The molecule has 1 amide bonds. The Morgan fingerprint density at radius 3 is 2.58 bits per heavy atom. The molecule has 7 nitrogen and oxygen atoms in total. The Bertz CT molecular complexity index is 1080. The molecule has 0 aliphatic carbocycles. The van der Waals surface area contributed by atoms with Gasteiger partial charge in [-0.3, -0.25) is 9.10 Å². The third-order valence-electron chi connectivity index (χ3n) is 4.49. The number of nitrogens with zero attached hydrogens (tertiary/aromatic N) is 2. The second-order valence-electron chi connectivity index (χ2n) is 6.88. The molecule has 0 radical (unpaired) electrons. The fourth-order valence-electron chi connectivity index (χ4n) is 2.78. The lowest BCUT2D eigenvalue weighted by Gasteiger charge is -2.18. The van der Waals surface area contributed by atoms with Crippen LogP contribution in [0.4, 0.5) is 5.69 Å². The standard InChI is InChI=1S/C21H25N3O4S3/c1-16-15-30-20(23-16)6-3-4-12-22-19(25)14-28-18-10-8-17(9-11-18)24(2)31(26,27)21-7-5-13-29-21/h5,7-11,13,15H,3-4,6,12,14H2,1-2H3,(H,22,25). The predicted octanol–water partition coefficient (Wildman–Crippen LogP) is 3.86. The zero-order valence-electron chi connectivity index (χ0n) is 17.4. The summed E-state index contributed by atoms with van der Waals surface area (Å²) in [6, 6.07) is 9.89. The van der Waals surface area contributed by atoms with Crippen LogP contribution < -0.4 is 14.4 Å². The van der Waals surface area contributed by atoms with E-state index in [1.807, 2.05) is 12.3 Å². The van der Waals surface area contributed by atoms with Crippen molar-refractivity contribution >= 4 is 44.3 Å². The number of rotatable bonds is 11. The van der Waals surface area contributed by atoms with E-state index in [4.69, 9.17) is 4.74 Å². The van der Waals surface area contributed by atoms with Crippen LogP contribution in [-0.4, -0.2) is 39.5 Å². The van der Waals surface area contributed by atoms with Crippen LogP contribution in [0, 0.1) is 6.92 Å². The SMILES string of the molecule is Cc1csc(CCCCNC(=O)COc2ccc(N(C)S(=O)(=O)c3cccs3)cc2)n1. The fraction of sp³-hybridized carbons (Fsp3) is 0.333. The molecule has 0 aliphatic heterocycles. The number of aryl methyl sites for hydroxylation is 2. The van der Waals surface area contributed by atoms with Gasteiger partial charge in [0.05, 0.1) is 10.7 Å². The topological polar surface area (TPSA) is 88.6 Å². The Morgan fingerprint density at radius 2 is 1.94 bits per heavy atom. The summed E-state index contributed by atoms with van der Waals surface area (Å²) in [5, 5.41) is 7.74. The van der Waals surface area contributed by atoms with Gasteiger partial charge in [0.2, 0.25) is 0 Å². The summed E-state index contributed by atoms with van der Waals surface area (Å²) in [6.45, 7) is 2.49. The van der Waals surface area contributed by atoms with Crippen molar-refractivity contribution in [1.82, 2.24) is 10.3 Å². The quantitative estimate of drug-likeness (QED) is 0.422. The molecule has 31 heavy (non-hydrogen) atoms. The molecule has 1 N–H and O–H groups in total. The molecule has 166 valence electrons. The number of ether oxygens (including phenoxy) is 1. The first kappa shape index (κ1) is 23.2. The molecule has 0 atom stereocenters. The van der Waals surface area contributed by atoms with Gasteiger partial charge in [0.25, 0.3) is 15.9 Å². The molecule has 1 aromatic carbocycles. The molecule has 0 spiro atoms. The van der Waals surface area contributed by atoms with E-state index in [0.29, 0.717) is 18.0 Å². The van der Waals surface area contributed by atoms with Crippen molar-refractivity contribution in [3.8, 4) is 5.75 Å². The monoisotopic (exact) mass is 479 g/mol. The lowest BCUT2D eigenvalue weighted by molar-refractivity contribution is -0.123. The van der Waals surface area contributed by atoms with Gasteiger partial charge in [-0.25, -0.2) is 13.4 Å². The highest BCUT2D eigenvalue weighted by Crippen LogP contribution is 2.26. The van der Waals surface area contributed by atoms with Crippen LogP contribution in [0.2, 0.25) is 0 Å². The molecule has 10 heteroatoms. The number of hydrogen-bond donors (Lipinski definition) is 1. The number of hydrogen-bond acceptors (Lipinski definition) is 7. The van der Waals surface area contributed by atoms with Gasteiger partial charge in [0.1, 0.15) is 9.96 Å². The molecule has 0 saturated heterocycles. The molecule has 0 bridgehead atoms. The molecule has 0 saturated carbocycles. The molecular weight excluding hydrogens is 454 g/mol. The number of thiazole rings is 1. The van der Waals surface area contributed by atoms with Crippen LogP contribution in [-0.2, 0) is 21.2 Å². The van der Waals surface area contributed by atoms with Gasteiger partial charge in [0.15, 0.2) is 6.61 Å². The first-order valence-electron chi connectivity index (χ1n) is 9.79. The normalized spacial score (nSPS) is 11.3. The molecule has 2 heterocycles. The highest BCUT2D eigenvalue weighted by Gasteiger charge is 2.22. The third kappa shape index (κ3) is 6.52. The van der Waals surface area contributed by atoms with Gasteiger partial charge >= 0.3 is 0 Å². The van der Waals surface area contributed by atoms with Crippen molar-refractivity contribution in [2.45, 2.75) is 30.4 Å². The maximum Gasteiger partial charge on any atom is 0.273 e.